The van der Waals surface area contributed by atoms with Crippen molar-refractivity contribution < 1.29 is 0 Å². The van der Waals surface area contributed by atoms with Crippen LogP contribution in [0.25, 0.3) is 15.2 Å². The zero-order chi connectivity index (χ0) is 15.0. The van der Waals surface area contributed by atoms with Crippen molar-refractivity contribution in [2.24, 2.45) is 0 Å². The fourth-order valence-corrected chi connectivity index (χ4v) is 3.99. The van der Waals surface area contributed by atoms with Crippen LogP contribution >= 0.6 is 11.3 Å². The second-order valence-corrected chi connectivity index (χ2v) is 6.67. The molecule has 110 valence electrons. The van der Waals surface area contributed by atoms with Gasteiger partial charge in [0.1, 0.15) is 0 Å². The average Bonchev–Trinajstić information content (AvgIpc) is 2.77. The van der Waals surface area contributed by atoms with Crippen molar-refractivity contribution in [1.29, 1.82) is 0 Å². The van der Waals surface area contributed by atoms with E-state index in [1.807, 2.05) is 0 Å². The van der Waals surface area contributed by atoms with Crippen LogP contribution in [0.1, 0.15) is 43.0 Å². The van der Waals surface area contributed by atoms with E-state index in [1.165, 1.54) is 34.2 Å². The summed E-state index contributed by atoms with van der Waals surface area (Å²) >= 11 is 1.62. The summed E-state index contributed by atoms with van der Waals surface area (Å²) in [4.78, 5) is 16.9. The lowest BCUT2D eigenvalue weighted by Gasteiger charge is -2.06. The van der Waals surface area contributed by atoms with Crippen molar-refractivity contribution in [2.75, 3.05) is 0 Å². The number of nitrogens with zero attached hydrogens (tertiary/aromatic N) is 2. The van der Waals surface area contributed by atoms with Gasteiger partial charge in [0.2, 0.25) is 0 Å². The SMILES string of the molecule is CCCCCc1cc(=O)nc2sc3c(C)cc(C)cc3n12. The molecule has 0 N–H and O–H groups in total. The lowest BCUT2D eigenvalue weighted by atomic mass is 10.1. The third-order valence-corrected chi connectivity index (χ3v) is 5.04. The fraction of sp³-hybridized carbons (Fsp3) is 0.412. The van der Waals surface area contributed by atoms with Crippen LogP contribution in [-0.4, -0.2) is 9.38 Å². The van der Waals surface area contributed by atoms with Crippen LogP contribution in [0.15, 0.2) is 23.0 Å². The van der Waals surface area contributed by atoms with E-state index in [2.05, 4.69) is 42.3 Å². The quantitative estimate of drug-likeness (QED) is 0.675. The number of hydrogen-bond donors (Lipinski definition) is 0. The van der Waals surface area contributed by atoms with E-state index in [0.717, 1.165) is 23.5 Å². The van der Waals surface area contributed by atoms with Gasteiger partial charge in [0.25, 0.3) is 5.56 Å². The van der Waals surface area contributed by atoms with Crippen molar-refractivity contribution in [3.05, 3.63) is 45.4 Å². The Morgan fingerprint density at radius 3 is 2.76 bits per heavy atom. The summed E-state index contributed by atoms with van der Waals surface area (Å²) in [6, 6.07) is 6.08. The molecule has 0 radical (unpaired) electrons. The number of thiazole rings is 1. The van der Waals surface area contributed by atoms with Gasteiger partial charge in [-0.1, -0.05) is 37.2 Å². The second-order valence-electron chi connectivity index (χ2n) is 5.69. The Labute approximate surface area is 128 Å². The number of unbranched alkanes of at least 4 members (excludes halogenated alkanes) is 2. The summed E-state index contributed by atoms with van der Waals surface area (Å²) in [5.74, 6) is 0. The highest BCUT2D eigenvalue weighted by Crippen LogP contribution is 2.30. The molecule has 0 saturated carbocycles. The van der Waals surface area contributed by atoms with Gasteiger partial charge in [0, 0.05) is 11.8 Å². The third-order valence-electron chi connectivity index (χ3n) is 3.84. The predicted octanol–water partition coefficient (Wildman–Crippen LogP) is 4.26. The van der Waals surface area contributed by atoms with Gasteiger partial charge in [0.05, 0.1) is 10.2 Å². The third kappa shape index (κ3) is 2.60. The molecule has 1 aromatic carbocycles. The molecule has 3 aromatic rings. The van der Waals surface area contributed by atoms with Crippen LogP contribution in [-0.2, 0) is 6.42 Å². The summed E-state index contributed by atoms with van der Waals surface area (Å²) in [6.07, 6.45) is 4.43. The first-order valence-electron chi connectivity index (χ1n) is 7.52. The fourth-order valence-electron chi connectivity index (χ4n) is 2.89. The zero-order valence-electron chi connectivity index (χ0n) is 12.8. The molecule has 2 aromatic heterocycles. The molecule has 0 fully saturated rings. The largest absolute Gasteiger partial charge is 0.288 e. The molecule has 0 aliphatic heterocycles. The Balaban J connectivity index is 2.28. The minimum Gasteiger partial charge on any atom is -0.288 e. The van der Waals surface area contributed by atoms with E-state index in [9.17, 15) is 4.79 Å². The molecule has 21 heavy (non-hydrogen) atoms. The summed E-state index contributed by atoms with van der Waals surface area (Å²) < 4.78 is 3.41. The molecular formula is C17H20N2OS. The first-order valence-corrected chi connectivity index (χ1v) is 8.34. The number of hydrogen-bond acceptors (Lipinski definition) is 3. The Morgan fingerprint density at radius 1 is 1.19 bits per heavy atom. The van der Waals surface area contributed by atoms with Crippen molar-refractivity contribution in [1.82, 2.24) is 9.38 Å². The van der Waals surface area contributed by atoms with Gasteiger partial charge >= 0.3 is 0 Å². The molecule has 4 heteroatoms. The summed E-state index contributed by atoms with van der Waals surface area (Å²) in [5, 5.41) is 0. The van der Waals surface area contributed by atoms with Crippen LogP contribution in [0.4, 0.5) is 0 Å². The second kappa shape index (κ2) is 5.60. The molecule has 0 spiro atoms. The van der Waals surface area contributed by atoms with Crippen molar-refractivity contribution in [2.45, 2.75) is 46.5 Å². The van der Waals surface area contributed by atoms with Crippen LogP contribution < -0.4 is 5.56 Å². The van der Waals surface area contributed by atoms with Crippen LogP contribution in [0.3, 0.4) is 0 Å². The minimum atomic E-state index is -0.123. The maximum atomic E-state index is 11.8. The van der Waals surface area contributed by atoms with E-state index in [4.69, 9.17) is 0 Å². The first kappa shape index (κ1) is 14.3. The monoisotopic (exact) mass is 300 g/mol. The molecule has 0 saturated heterocycles. The Kier molecular flexibility index (Phi) is 3.81. The van der Waals surface area contributed by atoms with Gasteiger partial charge in [-0.15, -0.1) is 0 Å². The normalized spacial score (nSPS) is 11.6. The number of aryl methyl sites for hydroxylation is 3. The standard InChI is InChI=1S/C17H20N2OS/c1-4-5-6-7-13-10-15(20)18-17-19(13)14-9-11(2)8-12(3)16(14)21-17/h8-10H,4-7H2,1-3H3. The van der Waals surface area contributed by atoms with Gasteiger partial charge < -0.3 is 0 Å². The van der Waals surface area contributed by atoms with Gasteiger partial charge in [-0.05, 0) is 43.9 Å². The molecule has 3 nitrogen and oxygen atoms in total. The average molecular weight is 300 g/mol. The van der Waals surface area contributed by atoms with E-state index < -0.39 is 0 Å². The highest BCUT2D eigenvalue weighted by Gasteiger charge is 2.12. The van der Waals surface area contributed by atoms with Crippen LogP contribution in [0.2, 0.25) is 0 Å². The summed E-state index contributed by atoms with van der Waals surface area (Å²) in [6.45, 7) is 6.43. The van der Waals surface area contributed by atoms with Crippen LogP contribution in [0.5, 0.6) is 0 Å². The summed E-state index contributed by atoms with van der Waals surface area (Å²) in [5.41, 5.74) is 4.66. The highest BCUT2D eigenvalue weighted by molar-refractivity contribution is 7.23. The number of aromatic nitrogens is 2. The number of fused-ring (bicyclic) bond motifs is 3. The maximum absolute atomic E-state index is 11.8. The lowest BCUT2D eigenvalue weighted by Crippen LogP contribution is -2.10. The zero-order valence-corrected chi connectivity index (χ0v) is 13.6. The molecule has 0 aliphatic carbocycles. The van der Waals surface area contributed by atoms with Gasteiger partial charge in [-0.25, -0.2) is 0 Å². The lowest BCUT2D eigenvalue weighted by molar-refractivity contribution is 0.702. The van der Waals surface area contributed by atoms with Crippen LogP contribution in [0, 0.1) is 13.8 Å². The molecule has 0 amide bonds. The van der Waals surface area contributed by atoms with Crippen molar-refractivity contribution in [3.8, 4) is 0 Å². The number of benzene rings is 1. The summed E-state index contributed by atoms with van der Waals surface area (Å²) in [7, 11) is 0. The molecular weight excluding hydrogens is 280 g/mol. The minimum absolute atomic E-state index is 0.123. The van der Waals surface area contributed by atoms with Gasteiger partial charge in [0.15, 0.2) is 4.96 Å². The van der Waals surface area contributed by atoms with Gasteiger partial charge in [-0.3, -0.25) is 9.20 Å². The molecule has 3 rings (SSSR count). The molecule has 0 aliphatic rings. The van der Waals surface area contributed by atoms with Crippen molar-refractivity contribution >= 4 is 26.5 Å². The molecule has 0 atom stereocenters. The van der Waals surface area contributed by atoms with Gasteiger partial charge in [-0.2, -0.15) is 4.98 Å². The van der Waals surface area contributed by atoms with E-state index >= 15 is 0 Å². The van der Waals surface area contributed by atoms with Crippen molar-refractivity contribution in [3.63, 3.8) is 0 Å². The maximum Gasteiger partial charge on any atom is 0.274 e. The van der Waals surface area contributed by atoms with E-state index in [-0.39, 0.29) is 5.56 Å². The topological polar surface area (TPSA) is 34.4 Å². The molecule has 2 heterocycles. The number of rotatable bonds is 4. The predicted molar refractivity (Wildman–Crippen MR) is 89.5 cm³/mol. The van der Waals surface area contributed by atoms with E-state index in [0.29, 0.717) is 0 Å². The van der Waals surface area contributed by atoms with E-state index in [1.54, 1.807) is 17.4 Å². The Morgan fingerprint density at radius 2 is 2.00 bits per heavy atom. The highest BCUT2D eigenvalue weighted by atomic mass is 32.1. The Hall–Kier alpha value is -1.68. The molecule has 0 unspecified atom stereocenters. The first-order chi connectivity index (χ1) is 10.1. The smallest absolute Gasteiger partial charge is 0.274 e. The Bertz CT molecular complexity index is 860. The molecule has 0 bridgehead atoms.